The van der Waals surface area contributed by atoms with Crippen LogP contribution in [-0.4, -0.2) is 52.5 Å². The number of hydrogen-bond donors (Lipinski definition) is 1. The van der Waals surface area contributed by atoms with E-state index in [4.69, 9.17) is 11.6 Å². The molecule has 44 heavy (non-hydrogen) atoms. The number of anilines is 1. The van der Waals surface area contributed by atoms with Gasteiger partial charge in [0.1, 0.15) is 17.7 Å². The third-order valence-electron chi connectivity index (χ3n) is 8.80. The minimum Gasteiger partial charge on any atom is -0.351 e. The number of nitriles is 1. The topological polar surface area (TPSA) is 106 Å². The monoisotopic (exact) mass is 623 g/mol. The van der Waals surface area contributed by atoms with Crippen LogP contribution in [0, 0.1) is 17.1 Å². The summed E-state index contributed by atoms with van der Waals surface area (Å²) >= 11 is 6.28. The average Bonchev–Trinajstić information content (AvgIpc) is 3.52. The van der Waals surface area contributed by atoms with Gasteiger partial charge in [0.2, 0.25) is 5.91 Å². The summed E-state index contributed by atoms with van der Waals surface area (Å²) in [6.45, 7) is 1.80. The van der Waals surface area contributed by atoms with Crippen LogP contribution in [0.15, 0.2) is 59.1 Å². The third kappa shape index (κ3) is 5.15. The minimum absolute atomic E-state index is 0.0130. The van der Waals surface area contributed by atoms with Crippen molar-refractivity contribution in [2.45, 2.75) is 81.5 Å². The highest BCUT2D eigenvalue weighted by Gasteiger charge is 2.57. The van der Waals surface area contributed by atoms with Crippen LogP contribution in [0.5, 0.6) is 0 Å². The quantitative estimate of drug-likeness (QED) is 0.494. The molecule has 0 bridgehead atoms. The summed E-state index contributed by atoms with van der Waals surface area (Å²) in [5.41, 5.74) is -0.160. The maximum Gasteiger partial charge on any atom is 0.252 e. The van der Waals surface area contributed by atoms with Crippen LogP contribution in [0.25, 0.3) is 0 Å². The normalized spacial score (nSPS) is 25.8. The van der Waals surface area contributed by atoms with Gasteiger partial charge >= 0.3 is 0 Å². The molecule has 2 aliphatic heterocycles. The molecule has 3 amide bonds. The number of likely N-dealkylation sites (tertiary alicyclic amines) is 1. The lowest BCUT2D eigenvalue weighted by Crippen LogP contribution is -2.64. The fraction of sp³-hybridized carbons (Fsp3) is 0.406. The number of aliphatic imine (C=N–C) groups is 1. The van der Waals surface area contributed by atoms with Crippen LogP contribution in [0.4, 0.5) is 18.9 Å². The van der Waals surface area contributed by atoms with E-state index in [0.29, 0.717) is 34.6 Å². The first-order chi connectivity index (χ1) is 20.9. The standard InChI is InChI=1S/C32H29ClF3N5O3/c1-18-11-19(17-37)12-27(38-18)40-26(7-8-28(40)42)29(43)41(24-4-2-3-22(34)14-24)32(30(44)39-23-15-31(35,36)16-23)10-9-20-13-21(33)5-6-25(20)32/h2-6,12-14,18,23,26H,7-11,15-16H2,1H3,(H,39,44)/t18?,26-,32+/m0/s1. The highest BCUT2D eigenvalue weighted by molar-refractivity contribution is 6.30. The van der Waals surface area contributed by atoms with E-state index in [9.17, 15) is 32.8 Å². The molecule has 12 heteroatoms. The van der Waals surface area contributed by atoms with E-state index < -0.39 is 54.0 Å². The first-order valence-corrected chi connectivity index (χ1v) is 14.9. The average molecular weight is 624 g/mol. The largest absolute Gasteiger partial charge is 0.351 e. The van der Waals surface area contributed by atoms with Crippen molar-refractivity contribution in [3.05, 3.63) is 76.1 Å². The Labute approximate surface area is 257 Å². The Morgan fingerprint density at radius 1 is 1.18 bits per heavy atom. The number of aryl methyl sites for hydroxylation is 1. The molecule has 0 spiro atoms. The number of alkyl halides is 2. The van der Waals surface area contributed by atoms with Crippen molar-refractivity contribution in [1.29, 1.82) is 5.26 Å². The SMILES string of the molecule is CC1CC(C#N)=CC(N2C(=O)CC[C@H]2C(=O)N(c2cccc(F)c2)[C@]2(C(=O)NC3CC(F)(F)C3)CCc3cc(Cl)ccc32)=N1. The number of halogens is 4. The number of rotatable bonds is 5. The van der Waals surface area contributed by atoms with Gasteiger partial charge in [-0.05, 0) is 73.7 Å². The number of fused-ring (bicyclic) bond motifs is 1. The number of carbonyl (C=O) groups excluding carboxylic acids is 3. The highest BCUT2D eigenvalue weighted by atomic mass is 35.5. The molecule has 6 rings (SSSR count). The molecule has 4 aliphatic rings. The summed E-state index contributed by atoms with van der Waals surface area (Å²) in [6, 6.07) is 10.0. The molecule has 228 valence electrons. The second kappa shape index (κ2) is 11.1. The minimum atomic E-state index is -2.90. The molecule has 0 radical (unpaired) electrons. The zero-order valence-electron chi connectivity index (χ0n) is 23.8. The predicted octanol–water partition coefficient (Wildman–Crippen LogP) is 5.20. The van der Waals surface area contributed by atoms with E-state index in [1.54, 1.807) is 25.1 Å². The third-order valence-corrected chi connectivity index (χ3v) is 9.03. The van der Waals surface area contributed by atoms with E-state index in [2.05, 4.69) is 16.4 Å². The van der Waals surface area contributed by atoms with E-state index in [1.807, 2.05) is 0 Å². The van der Waals surface area contributed by atoms with Crippen LogP contribution in [-0.2, 0) is 26.3 Å². The van der Waals surface area contributed by atoms with E-state index in [-0.39, 0.29) is 42.7 Å². The molecule has 2 aromatic carbocycles. The molecular weight excluding hydrogens is 595 g/mol. The molecule has 1 N–H and O–H groups in total. The molecule has 0 aromatic heterocycles. The van der Waals surface area contributed by atoms with Crippen molar-refractivity contribution in [2.75, 3.05) is 4.90 Å². The van der Waals surface area contributed by atoms with Gasteiger partial charge in [0, 0.05) is 48.0 Å². The number of carbonyl (C=O) groups is 3. The second-order valence-corrected chi connectivity index (χ2v) is 12.3. The van der Waals surface area contributed by atoms with Gasteiger partial charge in [-0.3, -0.25) is 29.2 Å². The van der Waals surface area contributed by atoms with Gasteiger partial charge < -0.3 is 5.32 Å². The zero-order valence-corrected chi connectivity index (χ0v) is 24.6. The molecule has 1 saturated heterocycles. The fourth-order valence-electron chi connectivity index (χ4n) is 6.82. The summed E-state index contributed by atoms with van der Waals surface area (Å²) in [5.74, 6) is -5.10. The van der Waals surface area contributed by atoms with Crippen molar-refractivity contribution in [3.63, 3.8) is 0 Å². The van der Waals surface area contributed by atoms with Gasteiger partial charge in [0.05, 0.1) is 12.1 Å². The van der Waals surface area contributed by atoms with Crippen molar-refractivity contribution < 1.29 is 27.6 Å². The summed E-state index contributed by atoms with van der Waals surface area (Å²) in [4.78, 5) is 49.6. The van der Waals surface area contributed by atoms with Gasteiger partial charge in [-0.2, -0.15) is 5.26 Å². The van der Waals surface area contributed by atoms with Crippen LogP contribution >= 0.6 is 11.6 Å². The number of benzene rings is 2. The number of amides is 3. The second-order valence-electron chi connectivity index (χ2n) is 11.9. The van der Waals surface area contributed by atoms with Crippen molar-refractivity contribution in [1.82, 2.24) is 10.2 Å². The Balaban J connectivity index is 1.49. The predicted molar refractivity (Wildman–Crippen MR) is 157 cm³/mol. The molecule has 2 aromatic rings. The lowest BCUT2D eigenvalue weighted by atomic mass is 9.83. The molecule has 2 fully saturated rings. The molecule has 8 nitrogen and oxygen atoms in total. The Morgan fingerprint density at radius 2 is 1.95 bits per heavy atom. The van der Waals surface area contributed by atoms with Crippen molar-refractivity contribution in [3.8, 4) is 6.07 Å². The molecule has 1 saturated carbocycles. The number of hydrogen-bond acceptors (Lipinski definition) is 5. The Hall–Kier alpha value is -4.17. The number of nitrogens with zero attached hydrogens (tertiary/aromatic N) is 4. The maximum atomic E-state index is 14.9. The van der Waals surface area contributed by atoms with Crippen molar-refractivity contribution in [2.24, 2.45) is 4.99 Å². The summed E-state index contributed by atoms with van der Waals surface area (Å²) in [7, 11) is 0. The van der Waals surface area contributed by atoms with Crippen LogP contribution < -0.4 is 10.2 Å². The van der Waals surface area contributed by atoms with Gasteiger partial charge in [0.15, 0.2) is 5.54 Å². The van der Waals surface area contributed by atoms with E-state index >= 15 is 0 Å². The molecular formula is C32H29ClF3N5O3. The van der Waals surface area contributed by atoms with Crippen LogP contribution in [0.3, 0.4) is 0 Å². The lowest BCUT2D eigenvalue weighted by molar-refractivity contribution is -0.138. The Bertz CT molecular complexity index is 1660. The molecule has 2 heterocycles. The summed E-state index contributed by atoms with van der Waals surface area (Å²) in [6.07, 6.45) is 1.30. The molecule has 3 atom stereocenters. The highest BCUT2D eigenvalue weighted by Crippen LogP contribution is 2.47. The van der Waals surface area contributed by atoms with Gasteiger partial charge in [-0.15, -0.1) is 0 Å². The van der Waals surface area contributed by atoms with E-state index in [1.165, 1.54) is 34.1 Å². The van der Waals surface area contributed by atoms with Gasteiger partial charge in [0.25, 0.3) is 17.7 Å². The van der Waals surface area contributed by atoms with Crippen LogP contribution in [0.2, 0.25) is 5.02 Å². The van der Waals surface area contributed by atoms with Crippen molar-refractivity contribution >= 4 is 40.8 Å². The summed E-state index contributed by atoms with van der Waals surface area (Å²) in [5, 5.41) is 12.7. The van der Waals surface area contributed by atoms with Crippen LogP contribution in [0.1, 0.15) is 56.6 Å². The Morgan fingerprint density at radius 3 is 2.66 bits per heavy atom. The zero-order chi connectivity index (χ0) is 31.4. The Kier molecular flexibility index (Phi) is 7.52. The smallest absolute Gasteiger partial charge is 0.252 e. The maximum absolute atomic E-state index is 14.9. The first-order valence-electron chi connectivity index (χ1n) is 14.5. The number of dihydropyridines is 1. The summed E-state index contributed by atoms with van der Waals surface area (Å²) < 4.78 is 42.4. The van der Waals surface area contributed by atoms with Gasteiger partial charge in [-0.1, -0.05) is 23.7 Å². The molecule has 1 unspecified atom stereocenters. The number of amidine groups is 1. The van der Waals surface area contributed by atoms with Gasteiger partial charge in [-0.25, -0.2) is 13.2 Å². The first kappa shape index (κ1) is 29.9. The van der Waals surface area contributed by atoms with E-state index in [0.717, 1.165) is 6.07 Å². The lowest BCUT2D eigenvalue weighted by Gasteiger charge is -2.45. The number of nitrogens with one attached hydrogen (secondary N) is 1. The fourth-order valence-corrected chi connectivity index (χ4v) is 7.01. The molecule has 2 aliphatic carbocycles.